The molecule has 0 aromatic heterocycles. The molecule has 15 heavy (non-hydrogen) atoms. The lowest BCUT2D eigenvalue weighted by molar-refractivity contribution is 0.997. The number of fused-ring (bicyclic) bond motifs is 3. The third-order valence-corrected chi connectivity index (χ3v) is 3.66. The molecule has 0 saturated heterocycles. The van der Waals surface area contributed by atoms with Gasteiger partial charge in [-0.2, -0.15) is 0 Å². The van der Waals surface area contributed by atoms with E-state index in [1.807, 2.05) is 0 Å². The van der Waals surface area contributed by atoms with E-state index in [2.05, 4.69) is 65.1 Å². The van der Waals surface area contributed by atoms with Crippen LogP contribution in [0.5, 0.6) is 0 Å². The zero-order chi connectivity index (χ0) is 10.3. The van der Waals surface area contributed by atoms with Gasteiger partial charge in [0.25, 0.3) is 0 Å². The van der Waals surface area contributed by atoms with E-state index in [0.29, 0.717) is 0 Å². The SMILES string of the molecule is Ic1ccc2c3c(ccc2c1)C=CCC3. The van der Waals surface area contributed by atoms with Gasteiger partial charge in [0.2, 0.25) is 0 Å². The molecule has 0 unspecified atom stereocenters. The zero-order valence-corrected chi connectivity index (χ0v) is 10.5. The zero-order valence-electron chi connectivity index (χ0n) is 8.33. The maximum absolute atomic E-state index is 2.37. The molecular weight excluding hydrogens is 295 g/mol. The fourth-order valence-corrected chi connectivity index (χ4v) is 2.77. The van der Waals surface area contributed by atoms with Gasteiger partial charge in [0.15, 0.2) is 0 Å². The van der Waals surface area contributed by atoms with Crippen molar-refractivity contribution in [1.29, 1.82) is 0 Å². The first-order valence-corrected chi connectivity index (χ1v) is 6.30. The highest BCUT2D eigenvalue weighted by Gasteiger charge is 2.08. The van der Waals surface area contributed by atoms with Crippen LogP contribution in [0.15, 0.2) is 36.4 Å². The van der Waals surface area contributed by atoms with E-state index in [1.54, 1.807) is 0 Å². The minimum atomic E-state index is 1.18. The summed E-state index contributed by atoms with van der Waals surface area (Å²) in [6, 6.07) is 11.2. The van der Waals surface area contributed by atoms with Crippen molar-refractivity contribution in [3.05, 3.63) is 51.1 Å². The lowest BCUT2D eigenvalue weighted by Crippen LogP contribution is -1.95. The smallest absolute Gasteiger partial charge is 0.0136 e. The summed E-state index contributed by atoms with van der Waals surface area (Å²) in [5.41, 5.74) is 2.92. The van der Waals surface area contributed by atoms with Crippen molar-refractivity contribution < 1.29 is 0 Å². The second-order valence-electron chi connectivity index (χ2n) is 3.94. The van der Waals surface area contributed by atoms with Crippen LogP contribution in [0.2, 0.25) is 0 Å². The summed E-state index contributed by atoms with van der Waals surface area (Å²) in [4.78, 5) is 0. The molecule has 1 heteroatoms. The minimum Gasteiger partial charge on any atom is -0.0836 e. The second-order valence-corrected chi connectivity index (χ2v) is 5.19. The Morgan fingerprint density at radius 1 is 1.07 bits per heavy atom. The van der Waals surface area contributed by atoms with E-state index in [9.17, 15) is 0 Å². The van der Waals surface area contributed by atoms with Gasteiger partial charge in [0.05, 0.1) is 0 Å². The fourth-order valence-electron chi connectivity index (χ4n) is 2.26. The Hall–Kier alpha value is -0.830. The molecule has 0 spiro atoms. The summed E-state index contributed by atoms with van der Waals surface area (Å²) < 4.78 is 1.31. The lowest BCUT2D eigenvalue weighted by atomic mass is 9.92. The molecule has 0 saturated carbocycles. The number of rotatable bonds is 0. The van der Waals surface area contributed by atoms with Gasteiger partial charge in [-0.05, 0) is 69.5 Å². The molecule has 0 nitrogen and oxygen atoms in total. The van der Waals surface area contributed by atoms with Crippen LogP contribution in [-0.2, 0) is 6.42 Å². The molecule has 3 rings (SSSR count). The average Bonchev–Trinajstić information content (AvgIpc) is 2.28. The molecule has 1 aliphatic carbocycles. The van der Waals surface area contributed by atoms with Crippen molar-refractivity contribution in [2.45, 2.75) is 12.8 Å². The van der Waals surface area contributed by atoms with E-state index >= 15 is 0 Å². The number of hydrogen-bond acceptors (Lipinski definition) is 0. The monoisotopic (exact) mass is 306 g/mol. The minimum absolute atomic E-state index is 1.18. The van der Waals surface area contributed by atoms with Crippen LogP contribution in [-0.4, -0.2) is 0 Å². The second kappa shape index (κ2) is 3.63. The first kappa shape index (κ1) is 9.40. The molecule has 0 radical (unpaired) electrons. The Morgan fingerprint density at radius 3 is 2.93 bits per heavy atom. The van der Waals surface area contributed by atoms with Gasteiger partial charge in [-0.15, -0.1) is 0 Å². The van der Waals surface area contributed by atoms with Crippen LogP contribution >= 0.6 is 22.6 Å². The third kappa shape index (κ3) is 1.59. The Labute approximate surface area is 103 Å². The largest absolute Gasteiger partial charge is 0.0836 e. The van der Waals surface area contributed by atoms with Gasteiger partial charge in [-0.25, -0.2) is 0 Å². The molecule has 74 valence electrons. The summed E-state index contributed by atoms with van der Waals surface area (Å²) in [5.74, 6) is 0. The van der Waals surface area contributed by atoms with Gasteiger partial charge < -0.3 is 0 Å². The highest BCUT2D eigenvalue weighted by molar-refractivity contribution is 14.1. The van der Waals surface area contributed by atoms with Crippen molar-refractivity contribution in [3.8, 4) is 0 Å². The van der Waals surface area contributed by atoms with Crippen molar-refractivity contribution in [2.24, 2.45) is 0 Å². The number of aryl methyl sites for hydroxylation is 1. The van der Waals surface area contributed by atoms with Gasteiger partial charge in [0, 0.05) is 3.57 Å². The van der Waals surface area contributed by atoms with Crippen molar-refractivity contribution in [2.75, 3.05) is 0 Å². The van der Waals surface area contributed by atoms with Gasteiger partial charge in [0.1, 0.15) is 0 Å². The highest BCUT2D eigenvalue weighted by Crippen LogP contribution is 2.28. The molecule has 0 heterocycles. The Bertz CT molecular complexity index is 553. The Balaban J connectivity index is 2.37. The standard InChI is InChI=1S/C14H11I/c15-12-7-8-14-11(9-12)6-5-10-3-1-2-4-13(10)14/h1,3,5-9H,2,4H2. The van der Waals surface area contributed by atoms with Crippen molar-refractivity contribution in [1.82, 2.24) is 0 Å². The van der Waals surface area contributed by atoms with Crippen LogP contribution in [0.4, 0.5) is 0 Å². The summed E-state index contributed by atoms with van der Waals surface area (Å²) in [7, 11) is 0. The van der Waals surface area contributed by atoms with Crippen LogP contribution in [0.25, 0.3) is 16.8 Å². The van der Waals surface area contributed by atoms with Gasteiger partial charge >= 0.3 is 0 Å². The fraction of sp³-hybridized carbons (Fsp3) is 0.143. The molecule has 2 aromatic rings. The number of allylic oxidation sites excluding steroid dienone is 1. The maximum Gasteiger partial charge on any atom is 0.0136 e. The van der Waals surface area contributed by atoms with E-state index in [0.717, 1.165) is 0 Å². The molecule has 0 N–H and O–H groups in total. The average molecular weight is 306 g/mol. The summed E-state index contributed by atoms with van der Waals surface area (Å²) in [6.45, 7) is 0. The van der Waals surface area contributed by atoms with Crippen LogP contribution in [0.3, 0.4) is 0 Å². The van der Waals surface area contributed by atoms with Gasteiger partial charge in [-0.1, -0.05) is 30.4 Å². The molecule has 1 aliphatic rings. The molecule has 0 amide bonds. The van der Waals surface area contributed by atoms with Crippen molar-refractivity contribution >= 4 is 39.4 Å². The normalized spacial score (nSPS) is 14.2. The Morgan fingerprint density at radius 2 is 2.00 bits per heavy atom. The van der Waals surface area contributed by atoms with E-state index in [-0.39, 0.29) is 0 Å². The first-order valence-electron chi connectivity index (χ1n) is 5.22. The van der Waals surface area contributed by atoms with Crippen LogP contribution in [0.1, 0.15) is 17.5 Å². The highest BCUT2D eigenvalue weighted by atomic mass is 127. The predicted octanol–water partition coefficient (Wildman–Crippen LogP) is 4.40. The molecule has 2 aromatic carbocycles. The van der Waals surface area contributed by atoms with E-state index in [1.165, 1.54) is 38.3 Å². The molecular formula is C14H11I. The molecule has 0 atom stereocenters. The molecule has 0 aliphatic heterocycles. The number of hydrogen-bond donors (Lipinski definition) is 0. The molecule has 0 fully saturated rings. The summed E-state index contributed by atoms with van der Waals surface area (Å²) in [5, 5.41) is 2.80. The van der Waals surface area contributed by atoms with Crippen LogP contribution in [0, 0.1) is 3.57 Å². The quantitative estimate of drug-likeness (QED) is 0.633. The lowest BCUT2D eigenvalue weighted by Gasteiger charge is -2.13. The summed E-state index contributed by atoms with van der Waals surface area (Å²) >= 11 is 2.37. The number of halogens is 1. The van der Waals surface area contributed by atoms with E-state index < -0.39 is 0 Å². The van der Waals surface area contributed by atoms with Crippen LogP contribution < -0.4 is 0 Å². The number of benzene rings is 2. The van der Waals surface area contributed by atoms with Crippen molar-refractivity contribution in [3.63, 3.8) is 0 Å². The maximum atomic E-state index is 2.37. The summed E-state index contributed by atoms with van der Waals surface area (Å²) in [6.07, 6.45) is 6.87. The first-order chi connectivity index (χ1) is 7.34. The Kier molecular flexibility index (Phi) is 2.28. The predicted molar refractivity (Wildman–Crippen MR) is 74.0 cm³/mol. The van der Waals surface area contributed by atoms with E-state index in [4.69, 9.17) is 0 Å². The molecule has 0 bridgehead atoms. The van der Waals surface area contributed by atoms with Gasteiger partial charge in [-0.3, -0.25) is 0 Å². The third-order valence-electron chi connectivity index (χ3n) is 2.99. The topological polar surface area (TPSA) is 0 Å².